The molecule has 5 rings (SSSR count). The summed E-state index contributed by atoms with van der Waals surface area (Å²) in [5.74, 6) is 2.21. The Kier molecular flexibility index (Phi) is 9.09. The van der Waals surface area contributed by atoms with Crippen LogP contribution in [0.3, 0.4) is 0 Å². The molecule has 1 N–H and O–H groups in total. The molecule has 0 bridgehead atoms. The van der Waals surface area contributed by atoms with Crippen molar-refractivity contribution in [2.75, 3.05) is 25.1 Å². The molecule has 0 atom stereocenters. The molecule has 8 heteroatoms. The SMILES string of the molecule is COc1ccc(-c2ccc(CN(C(=O)CC(C)(C)C)c3nccc4cc(OC5CCN(C(=O)O)CC5)ccc34)cc2)cc1C. The Morgan fingerprint density at radius 2 is 1.68 bits per heavy atom. The van der Waals surface area contributed by atoms with E-state index < -0.39 is 6.09 Å². The van der Waals surface area contributed by atoms with Gasteiger partial charge < -0.3 is 19.5 Å². The molecule has 1 aliphatic rings. The van der Waals surface area contributed by atoms with Gasteiger partial charge in [-0.2, -0.15) is 0 Å². The van der Waals surface area contributed by atoms with Crippen molar-refractivity contribution in [3.05, 3.63) is 84.1 Å². The first-order valence-corrected chi connectivity index (χ1v) is 15.1. The molecule has 0 radical (unpaired) electrons. The molecule has 44 heavy (non-hydrogen) atoms. The fourth-order valence-corrected chi connectivity index (χ4v) is 5.66. The van der Waals surface area contributed by atoms with E-state index in [9.17, 15) is 14.7 Å². The normalized spacial score (nSPS) is 14.0. The van der Waals surface area contributed by atoms with Gasteiger partial charge in [0.05, 0.1) is 13.7 Å². The topological polar surface area (TPSA) is 92.2 Å². The molecule has 2 amide bonds. The average molecular weight is 596 g/mol. The van der Waals surface area contributed by atoms with Crippen molar-refractivity contribution >= 4 is 28.6 Å². The van der Waals surface area contributed by atoms with Crippen LogP contribution in [0.5, 0.6) is 11.5 Å². The van der Waals surface area contributed by atoms with Crippen LogP contribution < -0.4 is 14.4 Å². The average Bonchev–Trinajstić information content (AvgIpc) is 2.99. The number of carbonyl (C=O) groups excluding carboxylic acids is 1. The van der Waals surface area contributed by atoms with Crippen molar-refractivity contribution in [1.29, 1.82) is 0 Å². The lowest BCUT2D eigenvalue weighted by Gasteiger charge is -2.30. The molecule has 0 aliphatic carbocycles. The number of aromatic nitrogens is 1. The number of rotatable bonds is 8. The molecule has 0 unspecified atom stereocenters. The Morgan fingerprint density at radius 3 is 2.32 bits per heavy atom. The summed E-state index contributed by atoms with van der Waals surface area (Å²) in [5.41, 5.74) is 4.10. The van der Waals surface area contributed by atoms with Crippen LogP contribution in [-0.2, 0) is 11.3 Å². The minimum Gasteiger partial charge on any atom is -0.496 e. The number of carbonyl (C=O) groups is 2. The van der Waals surface area contributed by atoms with E-state index in [4.69, 9.17) is 14.5 Å². The van der Waals surface area contributed by atoms with E-state index in [2.05, 4.69) is 57.2 Å². The van der Waals surface area contributed by atoms with Crippen LogP contribution in [0, 0.1) is 12.3 Å². The number of nitrogens with zero attached hydrogens (tertiary/aromatic N) is 3. The molecule has 1 fully saturated rings. The standard InChI is InChI=1S/C36H41N3O5/c1-24-20-27(10-13-32(24)43-5)26-8-6-25(7-9-26)23-39(33(40)22-36(2,3)4)34-31-12-11-30(21-28(31)14-17-37-34)44-29-15-18-38(19-16-29)35(41)42/h6-14,17,20-21,29H,15-16,18-19,22-23H2,1-5H3,(H,41,42). The maximum atomic E-state index is 13.8. The quantitative estimate of drug-likeness (QED) is 0.224. The van der Waals surface area contributed by atoms with Crippen LogP contribution in [0.25, 0.3) is 21.9 Å². The fourth-order valence-electron chi connectivity index (χ4n) is 5.66. The number of likely N-dealkylation sites (tertiary alicyclic amines) is 1. The molecule has 1 aliphatic heterocycles. The van der Waals surface area contributed by atoms with Crippen molar-refractivity contribution in [2.45, 2.75) is 59.6 Å². The van der Waals surface area contributed by atoms with Crippen molar-refractivity contribution in [2.24, 2.45) is 5.41 Å². The molecule has 3 aromatic carbocycles. The Hall–Kier alpha value is -4.59. The van der Waals surface area contributed by atoms with Gasteiger partial charge >= 0.3 is 6.09 Å². The highest BCUT2D eigenvalue weighted by atomic mass is 16.5. The van der Waals surface area contributed by atoms with Gasteiger partial charge in [-0.15, -0.1) is 0 Å². The second-order valence-corrected chi connectivity index (χ2v) is 12.7. The zero-order valence-electron chi connectivity index (χ0n) is 26.2. The van der Waals surface area contributed by atoms with E-state index >= 15 is 0 Å². The summed E-state index contributed by atoms with van der Waals surface area (Å²) >= 11 is 0. The molecule has 1 saturated heterocycles. The number of piperidine rings is 1. The lowest BCUT2D eigenvalue weighted by atomic mass is 9.91. The monoisotopic (exact) mass is 595 g/mol. The molecule has 8 nitrogen and oxygen atoms in total. The maximum absolute atomic E-state index is 13.8. The number of fused-ring (bicyclic) bond motifs is 1. The molecule has 4 aromatic rings. The molecular formula is C36H41N3O5. The zero-order valence-corrected chi connectivity index (χ0v) is 26.2. The summed E-state index contributed by atoms with van der Waals surface area (Å²) in [7, 11) is 1.68. The first kappa shape index (κ1) is 30.9. The number of ether oxygens (including phenoxy) is 2. The van der Waals surface area contributed by atoms with E-state index in [0.717, 1.165) is 44.5 Å². The van der Waals surface area contributed by atoms with Crippen molar-refractivity contribution in [1.82, 2.24) is 9.88 Å². The van der Waals surface area contributed by atoms with Gasteiger partial charge in [-0.05, 0) is 76.4 Å². The van der Waals surface area contributed by atoms with Crippen LogP contribution in [0.4, 0.5) is 10.6 Å². The molecular weight excluding hydrogens is 554 g/mol. The van der Waals surface area contributed by atoms with Crippen LogP contribution in [0.15, 0.2) is 72.9 Å². The third kappa shape index (κ3) is 7.30. The maximum Gasteiger partial charge on any atom is 0.407 e. The summed E-state index contributed by atoms with van der Waals surface area (Å²) < 4.78 is 11.7. The number of aryl methyl sites for hydroxylation is 1. The third-order valence-electron chi connectivity index (χ3n) is 7.99. The second kappa shape index (κ2) is 13.0. The van der Waals surface area contributed by atoms with E-state index in [-0.39, 0.29) is 17.4 Å². The first-order chi connectivity index (χ1) is 21.0. The highest BCUT2D eigenvalue weighted by Crippen LogP contribution is 2.33. The number of hydrogen-bond donors (Lipinski definition) is 1. The molecule has 1 aromatic heterocycles. The summed E-state index contributed by atoms with van der Waals surface area (Å²) in [6.45, 7) is 9.55. The summed E-state index contributed by atoms with van der Waals surface area (Å²) in [4.78, 5) is 33.0. The lowest BCUT2D eigenvalue weighted by molar-refractivity contribution is -0.120. The number of benzene rings is 3. The smallest absolute Gasteiger partial charge is 0.407 e. The van der Waals surface area contributed by atoms with Crippen LogP contribution in [0.1, 0.15) is 51.2 Å². The van der Waals surface area contributed by atoms with Gasteiger partial charge in [0.2, 0.25) is 5.91 Å². The Morgan fingerprint density at radius 1 is 0.977 bits per heavy atom. The van der Waals surface area contributed by atoms with E-state index in [1.807, 2.05) is 37.3 Å². The fraction of sp³-hybridized carbons (Fsp3) is 0.361. The number of pyridine rings is 1. The Balaban J connectivity index is 1.40. The highest BCUT2D eigenvalue weighted by Gasteiger charge is 2.26. The van der Waals surface area contributed by atoms with Gasteiger partial charge in [-0.3, -0.25) is 9.69 Å². The Bertz CT molecular complexity index is 1640. The summed E-state index contributed by atoms with van der Waals surface area (Å²) in [6, 6.07) is 22.2. The van der Waals surface area contributed by atoms with E-state index in [0.29, 0.717) is 44.7 Å². The predicted octanol–water partition coefficient (Wildman–Crippen LogP) is 7.71. The lowest BCUT2D eigenvalue weighted by Crippen LogP contribution is -2.41. The van der Waals surface area contributed by atoms with Gasteiger partial charge in [0.25, 0.3) is 0 Å². The number of carboxylic acid groups (broad SMARTS) is 1. The molecule has 2 heterocycles. The second-order valence-electron chi connectivity index (χ2n) is 12.7. The van der Waals surface area contributed by atoms with Gasteiger partial charge in [-0.1, -0.05) is 51.1 Å². The number of amides is 2. The number of methoxy groups -OCH3 is 1. The Labute approximate surface area is 259 Å². The number of hydrogen-bond acceptors (Lipinski definition) is 5. The molecule has 230 valence electrons. The van der Waals surface area contributed by atoms with Crippen molar-refractivity contribution in [3.63, 3.8) is 0 Å². The number of anilines is 1. The minimum atomic E-state index is -0.886. The van der Waals surface area contributed by atoms with Gasteiger partial charge in [0, 0.05) is 43.9 Å². The van der Waals surface area contributed by atoms with Crippen LogP contribution in [-0.4, -0.2) is 53.3 Å². The largest absolute Gasteiger partial charge is 0.496 e. The third-order valence-corrected chi connectivity index (χ3v) is 7.99. The first-order valence-electron chi connectivity index (χ1n) is 15.1. The molecule has 0 spiro atoms. The van der Waals surface area contributed by atoms with Crippen molar-refractivity contribution in [3.8, 4) is 22.6 Å². The predicted molar refractivity (Wildman–Crippen MR) is 173 cm³/mol. The zero-order chi connectivity index (χ0) is 31.4. The van der Waals surface area contributed by atoms with Crippen molar-refractivity contribution < 1.29 is 24.2 Å². The van der Waals surface area contributed by atoms with Gasteiger partial charge in [-0.25, -0.2) is 9.78 Å². The highest BCUT2D eigenvalue weighted by molar-refractivity contribution is 6.02. The van der Waals surface area contributed by atoms with Gasteiger partial charge in [0.15, 0.2) is 0 Å². The summed E-state index contributed by atoms with van der Waals surface area (Å²) in [5, 5.41) is 11.0. The van der Waals surface area contributed by atoms with Crippen LogP contribution in [0.2, 0.25) is 0 Å². The van der Waals surface area contributed by atoms with E-state index in [1.54, 1.807) is 18.2 Å². The van der Waals surface area contributed by atoms with Crippen LogP contribution >= 0.6 is 0 Å². The summed E-state index contributed by atoms with van der Waals surface area (Å²) in [6.07, 6.45) is 2.49. The van der Waals surface area contributed by atoms with E-state index in [1.165, 1.54) is 4.90 Å². The molecule has 0 saturated carbocycles. The van der Waals surface area contributed by atoms with Gasteiger partial charge in [0.1, 0.15) is 23.4 Å². The minimum absolute atomic E-state index is 0.0119.